The van der Waals surface area contributed by atoms with Crippen molar-refractivity contribution in [3.05, 3.63) is 119 Å². The van der Waals surface area contributed by atoms with Crippen LogP contribution in [0.25, 0.3) is 5.57 Å². The van der Waals surface area contributed by atoms with Crippen molar-refractivity contribution in [2.24, 2.45) is 20.0 Å². The monoisotopic (exact) mass is 416 g/mol. The van der Waals surface area contributed by atoms with Crippen molar-refractivity contribution in [2.45, 2.75) is 4.90 Å². The fraction of sp³-hybridized carbons (Fsp3) is 0. The normalized spacial score (nSPS) is 20.5. The molecule has 5 aliphatic rings. The fourth-order valence-electron chi connectivity index (χ4n) is 3.80. The van der Waals surface area contributed by atoms with Gasteiger partial charge in [0.25, 0.3) is 0 Å². The van der Waals surface area contributed by atoms with Crippen molar-refractivity contribution < 1.29 is 0 Å². The molecule has 0 N–H and O–H groups in total. The molecule has 0 radical (unpaired) electrons. The predicted octanol–water partition coefficient (Wildman–Crippen LogP) is 5.39. The first-order chi connectivity index (χ1) is 15.2. The second-order valence-electron chi connectivity index (χ2n) is 7.49. The number of fused-ring (bicyclic) bond motifs is 4. The largest absolute Gasteiger partial charge is 0.249 e. The SMILES string of the molecule is Sc1cccc(C2=CC3=NC2=CC2=NC(=CC4=NC(=CC5=NC(=C3)C=C5)C=C4)C=C2)c1. The number of nitrogens with zero attached hydrogens (tertiary/aromatic N) is 4. The molecule has 0 aliphatic carbocycles. The lowest BCUT2D eigenvalue weighted by Crippen LogP contribution is -1.90. The standard InChI is InChI=1S/C26H16N4S/c31-24-3-1-2-16(10-24)25-14-23-13-21-7-6-19(28-21)11-17-4-5-18(27-17)12-20-8-9-22(29-20)15-26(25)30-23/h1-15,31H. The van der Waals surface area contributed by atoms with Crippen LogP contribution in [0.3, 0.4) is 0 Å². The molecule has 1 aromatic carbocycles. The van der Waals surface area contributed by atoms with Gasteiger partial charge in [0.05, 0.1) is 45.6 Å². The van der Waals surface area contributed by atoms with Gasteiger partial charge < -0.3 is 0 Å². The molecule has 0 aromatic heterocycles. The molecule has 4 nitrogen and oxygen atoms in total. The van der Waals surface area contributed by atoms with Crippen molar-refractivity contribution in [1.82, 2.24) is 0 Å². The first-order valence-electron chi connectivity index (χ1n) is 9.95. The van der Waals surface area contributed by atoms with Crippen LogP contribution in [-0.4, -0.2) is 22.8 Å². The van der Waals surface area contributed by atoms with Gasteiger partial charge in [0.15, 0.2) is 0 Å². The molecule has 5 heterocycles. The van der Waals surface area contributed by atoms with Crippen molar-refractivity contribution in [3.8, 4) is 0 Å². The topological polar surface area (TPSA) is 49.4 Å². The third-order valence-electron chi connectivity index (χ3n) is 5.20. The van der Waals surface area contributed by atoms with Crippen molar-refractivity contribution in [1.29, 1.82) is 0 Å². The van der Waals surface area contributed by atoms with E-state index in [0.717, 1.165) is 61.7 Å². The highest BCUT2D eigenvalue weighted by Crippen LogP contribution is 2.32. The molecule has 0 saturated carbocycles. The molecule has 0 atom stereocenters. The van der Waals surface area contributed by atoms with Gasteiger partial charge in [-0.15, -0.1) is 12.6 Å². The molecule has 31 heavy (non-hydrogen) atoms. The number of aliphatic imine (C=N–C) groups is 4. The Morgan fingerprint density at radius 3 is 1.74 bits per heavy atom. The maximum Gasteiger partial charge on any atom is 0.0737 e. The van der Waals surface area contributed by atoms with E-state index in [1.54, 1.807) is 0 Å². The Balaban J connectivity index is 1.51. The third kappa shape index (κ3) is 3.60. The van der Waals surface area contributed by atoms with Crippen LogP contribution in [-0.2, 0) is 0 Å². The lowest BCUT2D eigenvalue weighted by molar-refractivity contribution is 1.39. The first kappa shape index (κ1) is 18.0. The Morgan fingerprint density at radius 2 is 1.13 bits per heavy atom. The quantitative estimate of drug-likeness (QED) is 0.597. The molecule has 0 spiro atoms. The number of rotatable bonds is 1. The lowest BCUT2D eigenvalue weighted by Gasteiger charge is -2.05. The molecule has 5 aliphatic heterocycles. The summed E-state index contributed by atoms with van der Waals surface area (Å²) in [6.45, 7) is 0. The molecule has 0 fully saturated rings. The second-order valence-corrected chi connectivity index (χ2v) is 8.01. The van der Waals surface area contributed by atoms with Crippen LogP contribution in [0.15, 0.2) is 139 Å². The smallest absolute Gasteiger partial charge is 0.0737 e. The third-order valence-corrected chi connectivity index (χ3v) is 5.47. The number of hydrogen-bond acceptors (Lipinski definition) is 5. The molecule has 0 unspecified atom stereocenters. The summed E-state index contributed by atoms with van der Waals surface area (Å²) < 4.78 is 0. The maximum atomic E-state index is 4.88. The summed E-state index contributed by atoms with van der Waals surface area (Å²) in [4.78, 5) is 19.9. The van der Waals surface area contributed by atoms with Crippen LogP contribution in [0.4, 0.5) is 0 Å². The average molecular weight is 417 g/mol. The zero-order chi connectivity index (χ0) is 20.8. The molecule has 6 rings (SSSR count). The van der Waals surface area contributed by atoms with Gasteiger partial charge >= 0.3 is 0 Å². The van der Waals surface area contributed by atoms with E-state index >= 15 is 0 Å². The average Bonchev–Trinajstić information content (AvgIpc) is 3.53. The van der Waals surface area contributed by atoms with Gasteiger partial charge in [-0.05, 0) is 84.5 Å². The molecule has 146 valence electrons. The molecule has 1 aromatic rings. The molecule has 0 amide bonds. The van der Waals surface area contributed by atoms with E-state index in [9.17, 15) is 0 Å². The molecule has 8 bridgehead atoms. The number of allylic oxidation sites excluding steroid dienone is 12. The van der Waals surface area contributed by atoms with Gasteiger partial charge in [0, 0.05) is 10.5 Å². The molecular formula is C26H16N4S. The van der Waals surface area contributed by atoms with E-state index in [1.165, 1.54) is 0 Å². The first-order valence-corrected chi connectivity index (χ1v) is 10.4. The van der Waals surface area contributed by atoms with E-state index in [0.29, 0.717) is 0 Å². The van der Waals surface area contributed by atoms with Crippen LogP contribution < -0.4 is 0 Å². The Labute approximate surface area is 185 Å². The summed E-state index contributed by atoms with van der Waals surface area (Å²) in [5.41, 5.74) is 9.06. The zero-order valence-corrected chi connectivity index (χ0v) is 17.3. The lowest BCUT2D eigenvalue weighted by atomic mass is 10.0. The van der Waals surface area contributed by atoms with Crippen LogP contribution in [0, 0.1) is 0 Å². The van der Waals surface area contributed by atoms with Gasteiger partial charge in [-0.3, -0.25) is 0 Å². The minimum atomic E-state index is 0.856. The second kappa shape index (κ2) is 7.15. The van der Waals surface area contributed by atoms with Gasteiger partial charge in [-0.2, -0.15) is 0 Å². The Morgan fingerprint density at radius 1 is 0.548 bits per heavy atom. The van der Waals surface area contributed by atoms with Gasteiger partial charge in [-0.25, -0.2) is 20.0 Å². The number of benzene rings is 1. The Hall–Kier alpha value is -3.83. The van der Waals surface area contributed by atoms with Crippen LogP contribution >= 0.6 is 12.6 Å². The van der Waals surface area contributed by atoms with E-state index in [2.05, 4.69) is 29.8 Å². The van der Waals surface area contributed by atoms with Crippen LogP contribution in [0.5, 0.6) is 0 Å². The zero-order valence-electron chi connectivity index (χ0n) is 16.4. The summed E-state index contributed by atoms with van der Waals surface area (Å²) >= 11 is 4.50. The van der Waals surface area contributed by atoms with Gasteiger partial charge in [0.2, 0.25) is 0 Å². The van der Waals surface area contributed by atoms with Gasteiger partial charge in [0.1, 0.15) is 0 Å². The van der Waals surface area contributed by atoms with E-state index < -0.39 is 0 Å². The Kier molecular flexibility index (Phi) is 4.14. The highest BCUT2D eigenvalue weighted by Gasteiger charge is 2.18. The highest BCUT2D eigenvalue weighted by atomic mass is 32.1. The van der Waals surface area contributed by atoms with Crippen molar-refractivity contribution >= 4 is 41.0 Å². The molecule has 5 heteroatoms. The number of hydrogen-bond donors (Lipinski definition) is 1. The summed E-state index contributed by atoms with van der Waals surface area (Å²) in [5.74, 6) is 0. The van der Waals surface area contributed by atoms with E-state index in [1.807, 2.05) is 79.0 Å². The van der Waals surface area contributed by atoms with Crippen molar-refractivity contribution in [3.63, 3.8) is 0 Å². The highest BCUT2D eigenvalue weighted by molar-refractivity contribution is 7.80. The minimum Gasteiger partial charge on any atom is -0.249 e. The fourth-order valence-corrected chi connectivity index (χ4v) is 4.03. The summed E-state index contributed by atoms with van der Waals surface area (Å²) in [6, 6.07) is 8.09. The summed E-state index contributed by atoms with van der Waals surface area (Å²) in [7, 11) is 0. The maximum absolute atomic E-state index is 4.88. The molecule has 0 saturated heterocycles. The minimum absolute atomic E-state index is 0.856. The van der Waals surface area contributed by atoms with E-state index in [4.69, 9.17) is 15.0 Å². The van der Waals surface area contributed by atoms with E-state index in [-0.39, 0.29) is 0 Å². The van der Waals surface area contributed by atoms with Crippen molar-refractivity contribution in [2.75, 3.05) is 0 Å². The summed E-state index contributed by atoms with van der Waals surface area (Å²) in [5, 5.41) is 0. The van der Waals surface area contributed by atoms with Crippen LogP contribution in [0.1, 0.15) is 5.56 Å². The van der Waals surface area contributed by atoms with Crippen LogP contribution in [0.2, 0.25) is 0 Å². The summed E-state index contributed by atoms with van der Waals surface area (Å²) in [6.07, 6.45) is 22.0. The molecular weight excluding hydrogens is 400 g/mol. The predicted molar refractivity (Wildman–Crippen MR) is 131 cm³/mol. The van der Waals surface area contributed by atoms with Gasteiger partial charge in [-0.1, -0.05) is 12.1 Å². The Bertz CT molecular complexity index is 1410. The number of thiol groups is 1.